The van der Waals surface area contributed by atoms with Crippen molar-refractivity contribution in [2.24, 2.45) is 0 Å². The average Bonchev–Trinajstić information content (AvgIpc) is 3.24. The van der Waals surface area contributed by atoms with Crippen LogP contribution in [-0.4, -0.2) is 11.1 Å². The second-order valence-electron chi connectivity index (χ2n) is 6.55. The van der Waals surface area contributed by atoms with Gasteiger partial charge in [-0.1, -0.05) is 77.4 Å². The first kappa shape index (κ1) is 19.0. The summed E-state index contributed by atoms with van der Waals surface area (Å²) in [4.78, 5) is 12.9. The molecule has 0 amide bonds. The first-order valence-electron chi connectivity index (χ1n) is 9.19. The lowest BCUT2D eigenvalue weighted by atomic mass is 9.91. The second kappa shape index (κ2) is 8.76. The Bertz CT molecular complexity index is 1040. The van der Waals surface area contributed by atoms with Crippen molar-refractivity contribution in [2.45, 2.75) is 12.5 Å². The van der Waals surface area contributed by atoms with Gasteiger partial charge < -0.3 is 9.26 Å². The van der Waals surface area contributed by atoms with Gasteiger partial charge in [0.15, 0.2) is 5.76 Å². The fourth-order valence-corrected chi connectivity index (χ4v) is 3.24. The third-order valence-corrected chi connectivity index (χ3v) is 4.80. The maximum absolute atomic E-state index is 12.9. The van der Waals surface area contributed by atoms with Gasteiger partial charge in [-0.3, -0.25) is 4.79 Å². The fraction of sp³-hybridized carbons (Fsp3) is 0.0833. The van der Waals surface area contributed by atoms with E-state index in [0.29, 0.717) is 16.5 Å². The molecule has 0 aliphatic carbocycles. The number of nitrogens with zero attached hydrogens (tertiary/aromatic N) is 1. The van der Waals surface area contributed by atoms with E-state index in [0.717, 1.165) is 16.7 Å². The molecule has 0 aliphatic heterocycles. The molecule has 0 N–H and O–H groups in total. The number of carbonyl (C=O) groups is 1. The van der Waals surface area contributed by atoms with Crippen molar-refractivity contribution in [1.29, 1.82) is 0 Å². The standard InChI is InChI=1S/C24H18ClNO3/c25-20-13-11-17(12-14-20)22-15-21(26-29-22)16-28-24(27)23(18-7-3-1-4-8-18)19-9-5-2-6-10-19/h1-15,23H,16H2. The lowest BCUT2D eigenvalue weighted by Gasteiger charge is -2.16. The minimum atomic E-state index is -0.500. The van der Waals surface area contributed by atoms with Crippen molar-refractivity contribution in [3.05, 3.63) is 113 Å². The maximum atomic E-state index is 12.9. The monoisotopic (exact) mass is 403 g/mol. The summed E-state index contributed by atoms with van der Waals surface area (Å²) in [6, 6.07) is 28.2. The summed E-state index contributed by atoms with van der Waals surface area (Å²) in [5.41, 5.74) is 3.16. The van der Waals surface area contributed by atoms with Crippen molar-refractivity contribution in [3.8, 4) is 11.3 Å². The van der Waals surface area contributed by atoms with E-state index in [4.69, 9.17) is 20.9 Å². The summed E-state index contributed by atoms with van der Waals surface area (Å²) in [5.74, 6) is -0.242. The van der Waals surface area contributed by atoms with Gasteiger partial charge in [-0.05, 0) is 35.4 Å². The van der Waals surface area contributed by atoms with Gasteiger partial charge in [0.25, 0.3) is 0 Å². The molecule has 29 heavy (non-hydrogen) atoms. The van der Waals surface area contributed by atoms with E-state index in [9.17, 15) is 4.79 Å². The summed E-state index contributed by atoms with van der Waals surface area (Å²) in [6.45, 7) is 0.0338. The molecule has 0 unspecified atom stereocenters. The molecule has 0 spiro atoms. The van der Waals surface area contributed by atoms with Crippen LogP contribution in [-0.2, 0) is 16.1 Å². The van der Waals surface area contributed by atoms with Crippen molar-refractivity contribution < 1.29 is 14.1 Å². The highest BCUT2D eigenvalue weighted by atomic mass is 35.5. The van der Waals surface area contributed by atoms with E-state index < -0.39 is 5.92 Å². The van der Waals surface area contributed by atoms with Gasteiger partial charge in [-0.2, -0.15) is 0 Å². The third kappa shape index (κ3) is 4.55. The molecule has 0 radical (unpaired) electrons. The van der Waals surface area contributed by atoms with Crippen molar-refractivity contribution in [1.82, 2.24) is 5.16 Å². The van der Waals surface area contributed by atoms with E-state index in [1.165, 1.54) is 0 Å². The highest BCUT2D eigenvalue weighted by Gasteiger charge is 2.24. The highest BCUT2D eigenvalue weighted by Crippen LogP contribution is 2.27. The smallest absolute Gasteiger partial charge is 0.318 e. The summed E-state index contributed by atoms with van der Waals surface area (Å²) >= 11 is 5.92. The highest BCUT2D eigenvalue weighted by molar-refractivity contribution is 6.30. The topological polar surface area (TPSA) is 52.3 Å². The largest absolute Gasteiger partial charge is 0.458 e. The Morgan fingerprint density at radius 3 is 2.07 bits per heavy atom. The average molecular weight is 404 g/mol. The molecule has 144 valence electrons. The van der Waals surface area contributed by atoms with Crippen LogP contribution in [0.3, 0.4) is 0 Å². The van der Waals surface area contributed by atoms with Crippen molar-refractivity contribution in [2.75, 3.05) is 0 Å². The van der Waals surface area contributed by atoms with Crippen LogP contribution >= 0.6 is 11.6 Å². The van der Waals surface area contributed by atoms with Crippen molar-refractivity contribution >= 4 is 17.6 Å². The van der Waals surface area contributed by atoms with E-state index in [-0.39, 0.29) is 12.6 Å². The number of hydrogen-bond donors (Lipinski definition) is 0. The Labute approximate surface area is 173 Å². The van der Waals surface area contributed by atoms with Gasteiger partial charge in [0.05, 0.1) is 0 Å². The zero-order valence-corrected chi connectivity index (χ0v) is 16.3. The van der Waals surface area contributed by atoms with Gasteiger partial charge in [0.2, 0.25) is 0 Å². The number of rotatable bonds is 6. The van der Waals surface area contributed by atoms with Crippen molar-refractivity contribution in [3.63, 3.8) is 0 Å². The first-order chi connectivity index (χ1) is 14.2. The van der Waals surface area contributed by atoms with Gasteiger partial charge in [-0.25, -0.2) is 0 Å². The molecule has 3 aromatic carbocycles. The molecule has 5 heteroatoms. The van der Waals surface area contributed by atoms with Gasteiger partial charge in [-0.15, -0.1) is 0 Å². The summed E-state index contributed by atoms with van der Waals surface area (Å²) in [7, 11) is 0. The molecule has 0 fully saturated rings. The van der Waals surface area contributed by atoms with E-state index in [1.54, 1.807) is 18.2 Å². The number of hydrogen-bond acceptors (Lipinski definition) is 4. The Morgan fingerprint density at radius 2 is 1.48 bits per heavy atom. The Morgan fingerprint density at radius 1 is 0.897 bits per heavy atom. The van der Waals surface area contributed by atoms with Crippen LogP contribution in [0.4, 0.5) is 0 Å². The van der Waals surface area contributed by atoms with Crippen LogP contribution in [0.25, 0.3) is 11.3 Å². The molecule has 4 nitrogen and oxygen atoms in total. The molecule has 0 saturated heterocycles. The van der Waals surface area contributed by atoms with Crippen LogP contribution < -0.4 is 0 Å². The number of carbonyl (C=O) groups excluding carboxylic acids is 1. The van der Waals surface area contributed by atoms with E-state index >= 15 is 0 Å². The van der Waals surface area contributed by atoms with E-state index in [2.05, 4.69) is 5.16 Å². The molecule has 4 aromatic rings. The molecule has 0 bridgehead atoms. The third-order valence-electron chi connectivity index (χ3n) is 4.55. The normalized spacial score (nSPS) is 10.8. The minimum absolute atomic E-state index is 0.0338. The van der Waals surface area contributed by atoms with Gasteiger partial charge in [0, 0.05) is 16.7 Å². The Hall–Kier alpha value is -3.37. The summed E-state index contributed by atoms with van der Waals surface area (Å²) < 4.78 is 11.0. The quantitative estimate of drug-likeness (QED) is 0.378. The molecular weight excluding hydrogens is 386 g/mol. The van der Waals surface area contributed by atoms with Crippen LogP contribution in [0.2, 0.25) is 5.02 Å². The Kier molecular flexibility index (Phi) is 5.73. The number of ether oxygens (including phenoxy) is 1. The molecule has 1 heterocycles. The molecule has 4 rings (SSSR count). The lowest BCUT2D eigenvalue weighted by Crippen LogP contribution is -2.17. The van der Waals surface area contributed by atoms with E-state index in [1.807, 2.05) is 72.8 Å². The van der Waals surface area contributed by atoms with Gasteiger partial charge >= 0.3 is 5.97 Å². The molecular formula is C24H18ClNO3. The SMILES string of the molecule is O=C(OCc1cc(-c2ccc(Cl)cc2)on1)C(c1ccccc1)c1ccccc1. The predicted octanol–water partition coefficient (Wildman–Crippen LogP) is 5.87. The predicted molar refractivity (Wildman–Crippen MR) is 111 cm³/mol. The van der Waals surface area contributed by atoms with Gasteiger partial charge in [0.1, 0.15) is 18.2 Å². The number of aromatic nitrogens is 1. The number of esters is 1. The number of halogens is 1. The lowest BCUT2D eigenvalue weighted by molar-refractivity contribution is -0.145. The summed E-state index contributed by atoms with van der Waals surface area (Å²) in [5, 5.41) is 4.65. The summed E-state index contributed by atoms with van der Waals surface area (Å²) in [6.07, 6.45) is 0. The number of benzene rings is 3. The molecule has 0 atom stereocenters. The second-order valence-corrected chi connectivity index (χ2v) is 6.99. The Balaban J connectivity index is 1.49. The zero-order chi connectivity index (χ0) is 20.1. The molecule has 0 saturated carbocycles. The maximum Gasteiger partial charge on any atom is 0.318 e. The zero-order valence-electron chi connectivity index (χ0n) is 15.5. The first-order valence-corrected chi connectivity index (χ1v) is 9.56. The van der Waals surface area contributed by atoms with Crippen LogP contribution in [0.15, 0.2) is 95.5 Å². The molecule has 0 aliphatic rings. The van der Waals surface area contributed by atoms with Crippen LogP contribution in [0, 0.1) is 0 Å². The van der Waals surface area contributed by atoms with Crippen LogP contribution in [0.1, 0.15) is 22.7 Å². The van der Waals surface area contributed by atoms with Crippen LogP contribution in [0.5, 0.6) is 0 Å². The minimum Gasteiger partial charge on any atom is -0.458 e. The fourth-order valence-electron chi connectivity index (χ4n) is 3.11. The molecule has 1 aromatic heterocycles.